The van der Waals surface area contributed by atoms with Crippen molar-refractivity contribution in [3.63, 3.8) is 0 Å². The van der Waals surface area contributed by atoms with Gasteiger partial charge in [-0.15, -0.1) is 0 Å². The lowest BCUT2D eigenvalue weighted by atomic mass is 10.1. The highest BCUT2D eigenvalue weighted by atomic mass is 32.2. The van der Waals surface area contributed by atoms with Gasteiger partial charge in [0.1, 0.15) is 17.5 Å². The van der Waals surface area contributed by atoms with Crippen LogP contribution < -0.4 is 14.4 Å². The Morgan fingerprint density at radius 2 is 1.59 bits per heavy atom. The first-order chi connectivity index (χ1) is 15.9. The number of halogens is 3. The molecule has 180 valence electrons. The fourth-order valence-corrected chi connectivity index (χ4v) is 4.46. The van der Waals surface area contributed by atoms with Crippen molar-refractivity contribution in [2.75, 3.05) is 10.6 Å². The Hall–Kier alpha value is -3.53. The summed E-state index contributed by atoms with van der Waals surface area (Å²) in [6.07, 6.45) is -3.53. The van der Waals surface area contributed by atoms with Gasteiger partial charge < -0.3 is 10.1 Å². The van der Waals surface area contributed by atoms with Crippen molar-refractivity contribution < 1.29 is 31.1 Å². The third-order valence-corrected chi connectivity index (χ3v) is 6.12. The zero-order valence-electron chi connectivity index (χ0n) is 18.4. The van der Waals surface area contributed by atoms with E-state index in [0.29, 0.717) is 11.5 Å². The molecular weight excluding hydrogens is 469 g/mol. The summed E-state index contributed by atoms with van der Waals surface area (Å²) in [5.41, 5.74) is -0.351. The average molecular weight is 493 g/mol. The van der Waals surface area contributed by atoms with Crippen LogP contribution in [0.5, 0.6) is 11.5 Å². The van der Waals surface area contributed by atoms with Crippen molar-refractivity contribution in [1.82, 2.24) is 5.32 Å². The normalized spacial score (nSPS) is 12.6. The zero-order chi connectivity index (χ0) is 24.9. The van der Waals surface area contributed by atoms with Crippen molar-refractivity contribution in [2.24, 2.45) is 0 Å². The van der Waals surface area contributed by atoms with Crippen LogP contribution in [0.15, 0.2) is 78.9 Å². The van der Waals surface area contributed by atoms with E-state index in [0.717, 1.165) is 22.7 Å². The topological polar surface area (TPSA) is 75.7 Å². The Labute approximate surface area is 196 Å². The average Bonchev–Trinajstić information content (AvgIpc) is 2.78. The number of nitrogens with zero attached hydrogens (tertiary/aromatic N) is 1. The number of hydrogen-bond acceptors (Lipinski definition) is 4. The largest absolute Gasteiger partial charge is 0.457 e. The molecular formula is C24H23F3N2O4S. The van der Waals surface area contributed by atoms with Gasteiger partial charge in [-0.2, -0.15) is 13.2 Å². The van der Waals surface area contributed by atoms with Crippen LogP contribution in [0, 0.1) is 0 Å². The predicted molar refractivity (Wildman–Crippen MR) is 123 cm³/mol. The van der Waals surface area contributed by atoms with E-state index in [1.165, 1.54) is 31.2 Å². The van der Waals surface area contributed by atoms with Gasteiger partial charge >= 0.3 is 6.18 Å². The fourth-order valence-electron chi connectivity index (χ4n) is 3.29. The molecule has 3 aromatic rings. The summed E-state index contributed by atoms with van der Waals surface area (Å²) in [6, 6.07) is 18.6. The molecule has 3 aromatic carbocycles. The number of carbonyl (C=O) groups is 1. The van der Waals surface area contributed by atoms with Crippen molar-refractivity contribution in [2.45, 2.75) is 25.7 Å². The lowest BCUT2D eigenvalue weighted by Gasteiger charge is -2.28. The number of hydrogen-bond donors (Lipinski definition) is 1. The Bertz CT molecular complexity index is 1230. The third-order valence-electron chi connectivity index (χ3n) is 4.88. The summed E-state index contributed by atoms with van der Waals surface area (Å²) in [6.45, 7) is 1.21. The molecule has 0 aliphatic carbocycles. The van der Waals surface area contributed by atoms with Crippen molar-refractivity contribution >= 4 is 21.6 Å². The molecule has 0 fully saturated rings. The van der Waals surface area contributed by atoms with Gasteiger partial charge in [0.2, 0.25) is 15.9 Å². The van der Waals surface area contributed by atoms with E-state index >= 15 is 0 Å². The second kappa shape index (κ2) is 10.2. The van der Waals surface area contributed by atoms with Crippen molar-refractivity contribution in [3.05, 3.63) is 90.0 Å². The molecule has 3 rings (SSSR count). The molecule has 0 spiro atoms. The molecule has 0 unspecified atom stereocenters. The molecule has 34 heavy (non-hydrogen) atoms. The molecule has 0 aliphatic rings. The van der Waals surface area contributed by atoms with Gasteiger partial charge in [-0.25, -0.2) is 8.42 Å². The van der Waals surface area contributed by atoms with Gasteiger partial charge in [0.25, 0.3) is 0 Å². The second-order valence-electron chi connectivity index (χ2n) is 7.56. The number of nitrogens with one attached hydrogen (secondary N) is 1. The maximum atomic E-state index is 12.9. The van der Waals surface area contributed by atoms with Gasteiger partial charge in [0, 0.05) is 6.54 Å². The molecule has 1 N–H and O–H groups in total. The molecule has 1 amide bonds. The number of alkyl halides is 3. The van der Waals surface area contributed by atoms with Crippen LogP contribution in [0.3, 0.4) is 0 Å². The second-order valence-corrected chi connectivity index (χ2v) is 9.42. The van der Waals surface area contributed by atoms with Crippen molar-refractivity contribution in [1.29, 1.82) is 0 Å². The first kappa shape index (κ1) is 25.1. The van der Waals surface area contributed by atoms with E-state index in [4.69, 9.17) is 4.74 Å². The van der Waals surface area contributed by atoms with Gasteiger partial charge in [-0.3, -0.25) is 9.10 Å². The standard InChI is InChI=1S/C24H23F3N2O4S/c1-17(23(30)28-16-18-7-6-8-19(15-18)24(25,26)27)29(34(2,31)32)20-11-13-22(14-12-20)33-21-9-4-3-5-10-21/h3-15,17H,16H2,1-2H3,(H,28,30)/t17-/m0/s1. The minimum Gasteiger partial charge on any atom is -0.457 e. The number of anilines is 1. The first-order valence-electron chi connectivity index (χ1n) is 10.2. The number of sulfonamides is 1. The van der Waals surface area contributed by atoms with Gasteiger partial charge in [0.15, 0.2) is 0 Å². The van der Waals surface area contributed by atoms with Crippen LogP contribution in [-0.4, -0.2) is 26.6 Å². The molecule has 10 heteroatoms. The Morgan fingerprint density at radius 3 is 2.18 bits per heavy atom. The smallest absolute Gasteiger partial charge is 0.416 e. The molecule has 0 aliphatic heterocycles. The summed E-state index contributed by atoms with van der Waals surface area (Å²) in [4.78, 5) is 12.7. The summed E-state index contributed by atoms with van der Waals surface area (Å²) in [5.74, 6) is 0.426. The number of amides is 1. The minimum atomic E-state index is -4.50. The maximum absolute atomic E-state index is 12.9. The summed E-state index contributed by atoms with van der Waals surface area (Å²) in [5, 5.41) is 2.51. The van der Waals surface area contributed by atoms with Crippen LogP contribution in [-0.2, 0) is 27.5 Å². The molecule has 0 saturated carbocycles. The van der Waals surface area contributed by atoms with E-state index in [2.05, 4.69) is 5.32 Å². The number of ether oxygens (including phenoxy) is 1. The predicted octanol–water partition coefficient (Wildman–Crippen LogP) is 4.97. The van der Waals surface area contributed by atoms with Crippen LogP contribution in [0.2, 0.25) is 0 Å². The monoisotopic (exact) mass is 492 g/mol. The number of carbonyl (C=O) groups excluding carboxylic acids is 1. The SMILES string of the molecule is C[C@@H](C(=O)NCc1cccc(C(F)(F)F)c1)N(c1ccc(Oc2ccccc2)cc1)S(C)(=O)=O. The van der Waals surface area contributed by atoms with Crippen LogP contribution in [0.25, 0.3) is 0 Å². The summed E-state index contributed by atoms with van der Waals surface area (Å²) in [7, 11) is -3.86. The zero-order valence-corrected chi connectivity index (χ0v) is 19.2. The number of para-hydroxylation sites is 1. The van der Waals surface area contributed by atoms with E-state index in [1.54, 1.807) is 24.3 Å². The highest BCUT2D eigenvalue weighted by Crippen LogP contribution is 2.30. The van der Waals surface area contributed by atoms with Gasteiger partial charge in [-0.1, -0.05) is 30.3 Å². The Kier molecular flexibility index (Phi) is 7.51. The van der Waals surface area contributed by atoms with Crippen LogP contribution >= 0.6 is 0 Å². The maximum Gasteiger partial charge on any atom is 0.416 e. The molecule has 0 saturated heterocycles. The highest BCUT2D eigenvalue weighted by molar-refractivity contribution is 7.92. The fraction of sp³-hybridized carbons (Fsp3) is 0.208. The Morgan fingerprint density at radius 1 is 0.971 bits per heavy atom. The van der Waals surface area contributed by atoms with Gasteiger partial charge in [-0.05, 0) is 61.0 Å². The Balaban J connectivity index is 1.73. The molecule has 0 radical (unpaired) electrons. The number of benzene rings is 3. The van der Waals surface area contributed by atoms with E-state index in [1.807, 2.05) is 18.2 Å². The minimum absolute atomic E-state index is 0.186. The lowest BCUT2D eigenvalue weighted by molar-refractivity contribution is -0.137. The third kappa shape index (κ3) is 6.50. The van der Waals surface area contributed by atoms with Crippen LogP contribution in [0.1, 0.15) is 18.1 Å². The first-order valence-corrected chi connectivity index (χ1v) is 12.1. The van der Waals surface area contributed by atoms with Crippen molar-refractivity contribution in [3.8, 4) is 11.5 Å². The molecule has 0 heterocycles. The molecule has 0 bridgehead atoms. The van der Waals surface area contributed by atoms with E-state index in [-0.39, 0.29) is 17.8 Å². The molecule has 6 nitrogen and oxygen atoms in total. The lowest BCUT2D eigenvalue weighted by Crippen LogP contribution is -2.47. The quantitative estimate of drug-likeness (QED) is 0.482. The summed E-state index contributed by atoms with van der Waals surface area (Å²) >= 11 is 0. The van der Waals surface area contributed by atoms with E-state index < -0.39 is 33.7 Å². The van der Waals surface area contributed by atoms with Gasteiger partial charge in [0.05, 0.1) is 17.5 Å². The highest BCUT2D eigenvalue weighted by Gasteiger charge is 2.31. The number of rotatable bonds is 8. The van der Waals surface area contributed by atoms with E-state index in [9.17, 15) is 26.4 Å². The summed E-state index contributed by atoms with van der Waals surface area (Å²) < 4.78 is 70.3. The van der Waals surface area contributed by atoms with Crippen LogP contribution in [0.4, 0.5) is 18.9 Å². The molecule has 0 aromatic heterocycles. The molecule has 1 atom stereocenters.